The normalized spacial score (nSPS) is 22.2. The van der Waals surface area contributed by atoms with Gasteiger partial charge in [0.05, 0.1) is 6.61 Å². The molecule has 0 aromatic rings. The van der Waals surface area contributed by atoms with Gasteiger partial charge in [-0.25, -0.2) is 0 Å². The maximum absolute atomic E-state index is 5.93. The molecule has 0 atom stereocenters. The van der Waals surface area contributed by atoms with Gasteiger partial charge in [0.1, 0.15) is 0 Å². The van der Waals surface area contributed by atoms with Crippen molar-refractivity contribution in [2.75, 3.05) is 32.8 Å². The molecule has 0 aliphatic carbocycles. The third-order valence-corrected chi connectivity index (χ3v) is 1.95. The molecule has 0 unspecified atom stereocenters. The first-order chi connectivity index (χ1) is 5.58. The van der Waals surface area contributed by atoms with Crippen LogP contribution >= 0.6 is 0 Å². The third-order valence-electron chi connectivity index (χ3n) is 1.95. The van der Waals surface area contributed by atoms with Gasteiger partial charge in [0.15, 0.2) is 0 Å². The van der Waals surface area contributed by atoms with Crippen LogP contribution in [0.15, 0.2) is 0 Å². The highest BCUT2D eigenvalue weighted by Gasteiger charge is 2.17. The Bertz CT molecular complexity index is 123. The first-order valence-electron chi connectivity index (χ1n) is 4.67. The summed E-state index contributed by atoms with van der Waals surface area (Å²) in [5.74, 6) is 0. The van der Waals surface area contributed by atoms with Crippen molar-refractivity contribution in [3.8, 4) is 0 Å². The number of nitrogens with zero attached hydrogens (tertiary/aromatic N) is 1. The number of hydrogen-bond acceptors (Lipinski definition) is 3. The average molecular weight is 172 g/mol. The molecule has 1 aliphatic rings. The molecule has 0 bridgehead atoms. The number of rotatable bonds is 2. The lowest BCUT2D eigenvalue weighted by Crippen LogP contribution is -2.46. The molecule has 0 spiro atoms. The van der Waals surface area contributed by atoms with Crippen LogP contribution in [0.2, 0.25) is 0 Å². The van der Waals surface area contributed by atoms with E-state index in [1.165, 1.54) is 0 Å². The van der Waals surface area contributed by atoms with Crippen LogP contribution in [-0.4, -0.2) is 43.3 Å². The van der Waals surface area contributed by atoms with Crippen molar-refractivity contribution in [3.05, 3.63) is 0 Å². The van der Waals surface area contributed by atoms with Crippen LogP contribution in [0.25, 0.3) is 0 Å². The molecular weight excluding hydrogens is 152 g/mol. The van der Waals surface area contributed by atoms with E-state index in [1.54, 1.807) is 0 Å². The van der Waals surface area contributed by atoms with Crippen molar-refractivity contribution in [2.45, 2.75) is 25.8 Å². The van der Waals surface area contributed by atoms with Crippen LogP contribution in [0.1, 0.15) is 20.3 Å². The molecule has 1 rings (SSSR count). The zero-order valence-corrected chi connectivity index (χ0v) is 8.18. The lowest BCUT2D eigenvalue weighted by Gasteiger charge is -2.28. The van der Waals surface area contributed by atoms with Gasteiger partial charge >= 0.3 is 0 Å². The lowest BCUT2D eigenvalue weighted by molar-refractivity contribution is 0.138. The Hall–Kier alpha value is -0.120. The summed E-state index contributed by atoms with van der Waals surface area (Å²) in [6.45, 7) is 9.02. The molecule has 72 valence electrons. The van der Waals surface area contributed by atoms with E-state index in [1.807, 2.05) is 0 Å². The third kappa shape index (κ3) is 4.04. The summed E-state index contributed by atoms with van der Waals surface area (Å²) in [6, 6.07) is 0. The van der Waals surface area contributed by atoms with Crippen LogP contribution in [0.3, 0.4) is 0 Å². The zero-order valence-electron chi connectivity index (χ0n) is 8.18. The molecule has 0 aromatic heterocycles. The number of hydrogen-bond donors (Lipinski definition) is 1. The highest BCUT2D eigenvalue weighted by atomic mass is 16.5. The van der Waals surface area contributed by atoms with Crippen LogP contribution in [0, 0.1) is 0 Å². The van der Waals surface area contributed by atoms with E-state index < -0.39 is 0 Å². The quantitative estimate of drug-likeness (QED) is 0.657. The minimum Gasteiger partial charge on any atom is -0.380 e. The van der Waals surface area contributed by atoms with Crippen molar-refractivity contribution >= 4 is 0 Å². The minimum absolute atomic E-state index is 0.0790. The number of ether oxygens (including phenoxy) is 1. The standard InChI is InChI=1S/C9H20N2O/c1-9(2,10)8-11-4-3-6-12-7-5-11/h3-8,10H2,1-2H3. The summed E-state index contributed by atoms with van der Waals surface area (Å²) in [6.07, 6.45) is 1.14. The Morgan fingerprint density at radius 3 is 2.75 bits per heavy atom. The van der Waals surface area contributed by atoms with Crippen LogP contribution in [0.4, 0.5) is 0 Å². The van der Waals surface area contributed by atoms with E-state index in [0.717, 1.165) is 39.3 Å². The number of nitrogens with two attached hydrogens (primary N) is 1. The summed E-state index contributed by atoms with van der Waals surface area (Å²) in [7, 11) is 0. The summed E-state index contributed by atoms with van der Waals surface area (Å²) in [5, 5.41) is 0. The van der Waals surface area contributed by atoms with Crippen molar-refractivity contribution in [2.24, 2.45) is 5.73 Å². The van der Waals surface area contributed by atoms with Crippen molar-refractivity contribution in [1.82, 2.24) is 4.90 Å². The van der Waals surface area contributed by atoms with E-state index >= 15 is 0 Å². The van der Waals surface area contributed by atoms with Crippen molar-refractivity contribution in [1.29, 1.82) is 0 Å². The highest BCUT2D eigenvalue weighted by Crippen LogP contribution is 2.04. The van der Waals surface area contributed by atoms with Crippen molar-refractivity contribution < 1.29 is 4.74 Å². The van der Waals surface area contributed by atoms with Gasteiger partial charge in [-0.2, -0.15) is 0 Å². The Kier molecular flexibility index (Phi) is 3.50. The molecule has 1 fully saturated rings. The van der Waals surface area contributed by atoms with E-state index in [4.69, 9.17) is 10.5 Å². The molecule has 12 heavy (non-hydrogen) atoms. The Morgan fingerprint density at radius 2 is 2.08 bits per heavy atom. The predicted molar refractivity (Wildman–Crippen MR) is 50.1 cm³/mol. The highest BCUT2D eigenvalue weighted by molar-refractivity contribution is 4.77. The predicted octanol–water partition coefficient (Wildman–Crippen LogP) is 0.446. The Labute approximate surface area is 74.9 Å². The topological polar surface area (TPSA) is 38.5 Å². The van der Waals surface area contributed by atoms with Gasteiger partial charge < -0.3 is 10.5 Å². The molecule has 1 aliphatic heterocycles. The fourth-order valence-electron chi connectivity index (χ4n) is 1.53. The molecule has 3 nitrogen and oxygen atoms in total. The first-order valence-corrected chi connectivity index (χ1v) is 4.67. The SMILES string of the molecule is CC(C)(N)CN1CCCOCC1. The maximum atomic E-state index is 5.93. The summed E-state index contributed by atoms with van der Waals surface area (Å²) in [5.41, 5.74) is 5.86. The summed E-state index contributed by atoms with van der Waals surface area (Å²) < 4.78 is 5.36. The molecule has 0 saturated carbocycles. The maximum Gasteiger partial charge on any atom is 0.0593 e. The van der Waals surface area contributed by atoms with Crippen molar-refractivity contribution in [3.63, 3.8) is 0 Å². The van der Waals surface area contributed by atoms with Gasteiger partial charge in [0.25, 0.3) is 0 Å². The first kappa shape index (κ1) is 9.96. The van der Waals surface area contributed by atoms with Gasteiger partial charge in [-0.3, -0.25) is 4.90 Å². The molecule has 1 heterocycles. The van der Waals surface area contributed by atoms with Crippen LogP contribution < -0.4 is 5.73 Å². The molecule has 3 heteroatoms. The molecule has 0 aromatic carbocycles. The summed E-state index contributed by atoms with van der Waals surface area (Å²) in [4.78, 5) is 2.38. The largest absolute Gasteiger partial charge is 0.380 e. The lowest BCUT2D eigenvalue weighted by atomic mass is 10.1. The van der Waals surface area contributed by atoms with Gasteiger partial charge in [0, 0.05) is 31.8 Å². The molecule has 1 saturated heterocycles. The van der Waals surface area contributed by atoms with Crippen LogP contribution in [0.5, 0.6) is 0 Å². The van der Waals surface area contributed by atoms with E-state index in [-0.39, 0.29) is 5.54 Å². The molecule has 0 amide bonds. The Morgan fingerprint density at radius 1 is 1.33 bits per heavy atom. The second-order valence-electron chi connectivity index (χ2n) is 4.23. The average Bonchev–Trinajstić information content (AvgIpc) is 2.12. The van der Waals surface area contributed by atoms with Gasteiger partial charge in [-0.05, 0) is 20.3 Å². The molecule has 0 radical (unpaired) electrons. The fraction of sp³-hybridized carbons (Fsp3) is 1.00. The summed E-state index contributed by atoms with van der Waals surface area (Å²) >= 11 is 0. The van der Waals surface area contributed by atoms with Gasteiger partial charge in [0.2, 0.25) is 0 Å². The Balaban J connectivity index is 2.30. The van der Waals surface area contributed by atoms with E-state index in [9.17, 15) is 0 Å². The monoisotopic (exact) mass is 172 g/mol. The smallest absolute Gasteiger partial charge is 0.0593 e. The minimum atomic E-state index is -0.0790. The fourth-order valence-corrected chi connectivity index (χ4v) is 1.53. The van der Waals surface area contributed by atoms with E-state index in [0.29, 0.717) is 0 Å². The van der Waals surface area contributed by atoms with Crippen LogP contribution in [-0.2, 0) is 4.74 Å². The van der Waals surface area contributed by atoms with Gasteiger partial charge in [-0.15, -0.1) is 0 Å². The molecule has 2 N–H and O–H groups in total. The second-order valence-corrected chi connectivity index (χ2v) is 4.23. The van der Waals surface area contributed by atoms with E-state index in [2.05, 4.69) is 18.7 Å². The van der Waals surface area contributed by atoms with Gasteiger partial charge in [-0.1, -0.05) is 0 Å². The zero-order chi connectivity index (χ0) is 9.03. The second kappa shape index (κ2) is 4.21. The molecular formula is C9H20N2O.